The van der Waals surface area contributed by atoms with Gasteiger partial charge in [-0.1, -0.05) is 199 Å². The van der Waals surface area contributed by atoms with Crippen molar-refractivity contribution < 1.29 is 109 Å². The summed E-state index contributed by atoms with van der Waals surface area (Å²) in [6.45, 7) is 47.5. The van der Waals surface area contributed by atoms with E-state index in [1.165, 1.54) is 61.6 Å². The molecule has 5 heterocycles. The number of nitrogens with one attached hydrogen (secondary N) is 3. The molecule has 26 nitrogen and oxygen atoms in total. The number of carboxylic acid groups (broad SMARTS) is 1. The summed E-state index contributed by atoms with van der Waals surface area (Å²) in [6, 6.07) is 17.7. The molecule has 692 valence electrons. The average molecular weight is 1790 g/mol. The molecule has 6 atom stereocenters. The van der Waals surface area contributed by atoms with Crippen LogP contribution in [0, 0.1) is 59.2 Å². The molecule has 2 amide bonds. The number of allylic oxidation sites excluding steroid dienone is 4. The number of sulfonamides is 3. The number of aliphatic hydroxyl groups excluding tert-OH is 2. The first-order valence-electron chi connectivity index (χ1n) is 43.5. The van der Waals surface area contributed by atoms with E-state index in [0.29, 0.717) is 80.4 Å². The Morgan fingerprint density at radius 2 is 0.878 bits per heavy atom. The average Bonchev–Trinajstić information content (AvgIpc) is 1.78. The predicted molar refractivity (Wildman–Crippen MR) is 486 cm³/mol. The number of amides is 2. The van der Waals surface area contributed by atoms with E-state index >= 15 is 0 Å². The van der Waals surface area contributed by atoms with Gasteiger partial charge in [0, 0.05) is 63.7 Å². The number of hydroxylamine groups is 1. The first-order chi connectivity index (χ1) is 56.5. The van der Waals surface area contributed by atoms with Crippen molar-refractivity contribution in [2.75, 3.05) is 39.4 Å². The number of Topliss-reactive ketones (excluding diaryl/α,β-unsaturated/α-hetero) is 4. The van der Waals surface area contributed by atoms with Gasteiger partial charge in [0.1, 0.15) is 29.4 Å². The smallest absolute Gasteiger partial charge is 0.480 e. The monoisotopic (exact) mass is 1790 g/mol. The summed E-state index contributed by atoms with van der Waals surface area (Å²) in [5, 5.41) is 43.7. The number of hydrogen-bond acceptors (Lipinski definition) is 17. The third-order valence-corrected chi connectivity index (χ3v) is 29.8. The van der Waals surface area contributed by atoms with Gasteiger partial charge in [0.15, 0.2) is 5.78 Å². The van der Waals surface area contributed by atoms with Crippen LogP contribution in [0.2, 0.25) is 0 Å². The Kier molecular flexibility index (Phi) is 52.5. The molecule has 123 heavy (non-hydrogen) atoms. The number of carbonyl (C=O) groups excluding carboxylic acids is 6. The van der Waals surface area contributed by atoms with Crippen molar-refractivity contribution in [1.82, 2.24) is 29.0 Å². The molecule has 5 saturated heterocycles. The number of benzene rings is 3. The standard InChI is InChI=1S/C16H24N2O4S.C16H23NO4S.C16H25NO3S.C10H17NO2.C9H19NO.2C9H16O.C8H14O.N3.Na/c1-12-6-8-13(9-7-12)23(21,22)18-11-5-4-10-16(2,3)14(18)15(19)17-20;1-12-6-8-13(9-7-12)22(20,21)17-11-5-4-10-16(2,3)14(17)15(18)19;1-13-6-8-14(9-7-13)21(19,20)17-11-5-4-10-16(2,3)15(17)12-18;1-7(12)9-10(2,3)6-4-5-8(13)11-9;1-9(2)5-3-4-6-10-8(9)7-11;1-7-8(10)5-4-6-9(7,2)3;1-4-9(10)7-5-6-8(2)3;1-7(2)5-4-6-8(3)9;1-3-2;/h6-9,14,20H,4-5,10-11H2,1-3H3,(H,17,19);6-9,14H,4-5,10-11H2,1-3H3,(H,18,19);6-9,15,18H,4-5,10-12H2,1-3H3;9H,4-6H2,1-3H3,(H,11,13);8,10-11H,3-7H2,1-2H3;7H,4-6H2,1-3H3;6H,4-5,7H2,1-3H3;5H,4,6H2,1-3H3;;/q;;;;;;;;-1;+1. The van der Waals surface area contributed by atoms with Crippen LogP contribution in [-0.4, -0.2) is 169 Å². The molecule has 6 fully saturated rings. The molecule has 5 aliphatic heterocycles. The Hall–Kier alpha value is -5.89. The van der Waals surface area contributed by atoms with Crippen molar-refractivity contribution in [3.63, 3.8) is 0 Å². The summed E-state index contributed by atoms with van der Waals surface area (Å²) in [5.41, 5.74) is 19.7. The van der Waals surface area contributed by atoms with E-state index in [1.54, 1.807) is 73.1 Å². The second kappa shape index (κ2) is 55.1. The van der Waals surface area contributed by atoms with E-state index < -0.39 is 64.9 Å². The molecule has 6 aliphatic rings. The van der Waals surface area contributed by atoms with Gasteiger partial charge in [-0.05, 0) is 228 Å². The Balaban J connectivity index is 0.00000141. The molecule has 1 saturated carbocycles. The van der Waals surface area contributed by atoms with Crippen LogP contribution >= 0.6 is 0 Å². The van der Waals surface area contributed by atoms with Crippen LogP contribution in [0.25, 0.3) is 16.0 Å². The molecule has 0 bridgehead atoms. The summed E-state index contributed by atoms with van der Waals surface area (Å²) >= 11 is 0. The SMILES string of the molecule is CC(=O)C1NC(=O)CCCC1(C)C.CC(=O)CCC=C(C)C.CC1(C)CCCCNC1CO.CC1C(=O)CCCC1(C)C.CCC(=O)CCC=C(C)C.Cc1ccc(S(=O)(=O)N2CCCCC(C)(C)C2C(=O)NO)cc1.Cc1ccc(S(=O)(=O)N2CCCCC(C)(C)C2C(=O)O)cc1.Cc1ccc(S(=O)(=O)N2CCCCC(C)(C)C2CO)cc1.[N-]=[N+]=[N-].[Na+]. The molecular weight excluding hydrogens is 1630 g/mol. The molecule has 3 aromatic rings. The topological polar surface area (TPSA) is 407 Å². The van der Waals surface area contributed by atoms with Gasteiger partial charge in [-0.2, -0.15) is 12.9 Å². The van der Waals surface area contributed by atoms with Gasteiger partial charge < -0.3 is 41.8 Å². The quantitative estimate of drug-likeness (QED) is 0.0118. The molecule has 9 rings (SSSR count). The Morgan fingerprint density at radius 1 is 0.512 bits per heavy atom. The number of ketones is 4. The fourth-order valence-corrected chi connectivity index (χ4v) is 21.1. The first-order valence-corrected chi connectivity index (χ1v) is 47.8. The van der Waals surface area contributed by atoms with Gasteiger partial charge in [0.2, 0.25) is 36.0 Å². The maximum atomic E-state index is 13.0. The third kappa shape index (κ3) is 39.7. The Morgan fingerprint density at radius 3 is 1.25 bits per heavy atom. The fourth-order valence-electron chi connectivity index (χ4n) is 15.8. The maximum Gasteiger partial charge on any atom is 1.00 e. The molecule has 3 aromatic carbocycles. The fraction of sp³-hybridized carbons (Fsp3) is 0.688. The zero-order chi connectivity index (χ0) is 93.6. The molecule has 0 radical (unpaired) electrons. The molecule has 0 spiro atoms. The van der Waals surface area contributed by atoms with Crippen LogP contribution in [0.5, 0.6) is 0 Å². The minimum atomic E-state index is -3.82. The number of carbonyl (C=O) groups is 7. The number of aliphatic carboxylic acids is 1. The Bertz CT molecular complexity index is 4230. The summed E-state index contributed by atoms with van der Waals surface area (Å²) in [5.74, 6) is -0.344. The van der Waals surface area contributed by atoms with E-state index in [-0.39, 0.29) is 123 Å². The van der Waals surface area contributed by atoms with Gasteiger partial charge in [0.25, 0.3) is 5.91 Å². The second-order valence-electron chi connectivity index (χ2n) is 37.9. The number of nitrogens with zero attached hydrogens (tertiary/aromatic N) is 6. The van der Waals surface area contributed by atoms with Crippen LogP contribution in [-0.2, 0) is 63.6 Å². The van der Waals surface area contributed by atoms with Gasteiger partial charge in [0.05, 0.1) is 40.0 Å². The van der Waals surface area contributed by atoms with Gasteiger partial charge >= 0.3 is 35.5 Å². The molecular formula is C93H154N9NaO17S3. The predicted octanol–water partition coefficient (Wildman–Crippen LogP) is 15.0. The first kappa shape index (κ1) is 117. The molecule has 1 aliphatic carbocycles. The maximum absolute atomic E-state index is 13.0. The summed E-state index contributed by atoms with van der Waals surface area (Å²) in [6.07, 6.45) is 24.5. The molecule has 30 heteroatoms. The van der Waals surface area contributed by atoms with Crippen molar-refractivity contribution >= 4 is 71.0 Å². The van der Waals surface area contributed by atoms with Crippen molar-refractivity contribution in [3.05, 3.63) is 129 Å². The van der Waals surface area contributed by atoms with Crippen molar-refractivity contribution in [2.45, 2.75) is 352 Å². The summed E-state index contributed by atoms with van der Waals surface area (Å²) in [7, 11) is -11.2. The van der Waals surface area contributed by atoms with Crippen molar-refractivity contribution in [2.24, 2.45) is 38.4 Å². The van der Waals surface area contributed by atoms with E-state index in [0.717, 1.165) is 93.9 Å². The largest absolute Gasteiger partial charge is 1.00 e. The number of carboxylic acids is 1. The number of rotatable bonds is 18. The van der Waals surface area contributed by atoms with Crippen molar-refractivity contribution in [3.8, 4) is 0 Å². The van der Waals surface area contributed by atoms with Crippen LogP contribution in [0.4, 0.5) is 0 Å². The van der Waals surface area contributed by atoms with E-state index in [1.807, 2.05) is 109 Å². The summed E-state index contributed by atoms with van der Waals surface area (Å²) in [4.78, 5) is 81.0. The zero-order valence-corrected chi connectivity index (χ0v) is 83.5. The number of aryl methyl sites for hydroxylation is 3. The minimum Gasteiger partial charge on any atom is -0.480 e. The van der Waals surface area contributed by atoms with Crippen LogP contribution in [0.15, 0.2) is 111 Å². The van der Waals surface area contributed by atoms with E-state index in [2.05, 4.69) is 71.3 Å². The number of hydrogen-bond donors (Lipinski definition) is 7. The minimum absolute atomic E-state index is 0. The zero-order valence-electron chi connectivity index (χ0n) is 79.1. The van der Waals surface area contributed by atoms with Gasteiger partial charge in [-0.25, -0.2) is 30.7 Å². The van der Waals surface area contributed by atoms with Crippen LogP contribution in [0.1, 0.15) is 303 Å². The van der Waals surface area contributed by atoms with Gasteiger partial charge in [-0.3, -0.25) is 38.9 Å². The third-order valence-electron chi connectivity index (χ3n) is 24.1. The molecule has 0 aromatic heterocycles. The molecule has 7 N–H and O–H groups in total. The van der Waals surface area contributed by atoms with Gasteiger partial charge in [-0.15, -0.1) is 0 Å². The molecule has 6 unspecified atom stereocenters. The summed E-state index contributed by atoms with van der Waals surface area (Å²) < 4.78 is 81.7. The van der Waals surface area contributed by atoms with Crippen LogP contribution < -0.4 is 45.7 Å². The van der Waals surface area contributed by atoms with E-state index in [4.69, 9.17) is 21.4 Å². The van der Waals surface area contributed by atoms with Crippen LogP contribution in [0.3, 0.4) is 0 Å². The second-order valence-corrected chi connectivity index (χ2v) is 43.6. The number of aliphatic hydroxyl groups is 2. The van der Waals surface area contributed by atoms with E-state index in [9.17, 15) is 69.0 Å². The normalized spacial score (nSPS) is 22.1. The Labute approximate surface area is 761 Å². The van der Waals surface area contributed by atoms with Crippen molar-refractivity contribution in [1.29, 1.82) is 0 Å².